The Morgan fingerprint density at radius 3 is 2.35 bits per heavy atom. The van der Waals surface area contributed by atoms with E-state index in [1.54, 1.807) is 13.8 Å². The van der Waals surface area contributed by atoms with Crippen LogP contribution in [0, 0.1) is 17.7 Å². The lowest BCUT2D eigenvalue weighted by Crippen LogP contribution is -2.34. The molecule has 1 saturated heterocycles. The lowest BCUT2D eigenvalue weighted by atomic mass is 10.00. The lowest BCUT2D eigenvalue weighted by Gasteiger charge is -2.20. The quantitative estimate of drug-likeness (QED) is 0.870. The zero-order valence-electron chi connectivity index (χ0n) is 11.1. The lowest BCUT2D eigenvalue weighted by molar-refractivity contribution is -0.141. The number of likely N-dealkylation sites (tertiary alicyclic amines) is 1. The molecule has 0 aromatic heterocycles. The van der Waals surface area contributed by atoms with Crippen molar-refractivity contribution in [2.45, 2.75) is 20.0 Å². The van der Waals surface area contributed by atoms with Gasteiger partial charge in [-0.1, -0.05) is 31.5 Å². The summed E-state index contributed by atoms with van der Waals surface area (Å²) in [7, 11) is 0. The van der Waals surface area contributed by atoms with Gasteiger partial charge in [-0.2, -0.15) is 0 Å². The SMILES string of the molecule is C[C@@H]1C(=O)N(C[C@H](O)c2ccc(F)cc2Cl)C(=O)[C@H]1C. The summed E-state index contributed by atoms with van der Waals surface area (Å²) in [6, 6.07) is 3.60. The molecule has 1 aliphatic rings. The van der Waals surface area contributed by atoms with Gasteiger partial charge < -0.3 is 5.11 Å². The minimum atomic E-state index is -1.13. The van der Waals surface area contributed by atoms with Gasteiger partial charge >= 0.3 is 0 Å². The third-order valence-electron chi connectivity index (χ3n) is 3.74. The largest absolute Gasteiger partial charge is 0.386 e. The van der Waals surface area contributed by atoms with E-state index in [1.807, 2.05) is 0 Å². The maximum atomic E-state index is 13.0. The standard InChI is InChI=1S/C14H15ClFNO3/c1-7-8(2)14(20)17(13(7)19)6-12(18)10-4-3-9(16)5-11(10)15/h3-5,7-8,12,18H,6H2,1-2H3/t7-,8-,12-/m0/s1. The van der Waals surface area contributed by atoms with Gasteiger partial charge in [0.25, 0.3) is 0 Å². The minimum Gasteiger partial charge on any atom is -0.386 e. The number of nitrogens with zero attached hydrogens (tertiary/aromatic N) is 1. The highest BCUT2D eigenvalue weighted by Crippen LogP contribution is 2.29. The number of carbonyl (C=O) groups excluding carboxylic acids is 2. The van der Waals surface area contributed by atoms with Crippen molar-refractivity contribution in [1.82, 2.24) is 4.90 Å². The number of rotatable bonds is 3. The molecular formula is C14H15ClFNO3. The monoisotopic (exact) mass is 299 g/mol. The molecule has 1 N–H and O–H groups in total. The van der Waals surface area contributed by atoms with Gasteiger partial charge in [-0.05, 0) is 12.1 Å². The van der Waals surface area contributed by atoms with Crippen LogP contribution in [0.3, 0.4) is 0 Å². The summed E-state index contributed by atoms with van der Waals surface area (Å²) < 4.78 is 13.0. The highest BCUT2D eigenvalue weighted by molar-refractivity contribution is 6.31. The molecule has 1 heterocycles. The fraction of sp³-hybridized carbons (Fsp3) is 0.429. The number of β-amino-alcohol motifs (C(OH)–C–C–N with tert-alkyl or cyclic N) is 1. The molecule has 108 valence electrons. The first-order chi connectivity index (χ1) is 9.32. The number of amides is 2. The van der Waals surface area contributed by atoms with E-state index in [2.05, 4.69) is 0 Å². The number of imide groups is 1. The Bertz CT molecular complexity index is 543. The molecule has 0 unspecified atom stereocenters. The first-order valence-corrected chi connectivity index (χ1v) is 6.69. The van der Waals surface area contributed by atoms with Gasteiger partial charge in [-0.15, -0.1) is 0 Å². The molecule has 6 heteroatoms. The summed E-state index contributed by atoms with van der Waals surface area (Å²) in [5.41, 5.74) is 0.292. The van der Waals surface area contributed by atoms with Gasteiger partial charge in [0.1, 0.15) is 5.82 Å². The van der Waals surface area contributed by atoms with Gasteiger partial charge in [-0.25, -0.2) is 4.39 Å². The number of hydrogen-bond donors (Lipinski definition) is 1. The maximum Gasteiger partial charge on any atom is 0.232 e. The molecule has 0 spiro atoms. The van der Waals surface area contributed by atoms with E-state index in [0.717, 1.165) is 11.0 Å². The first kappa shape index (κ1) is 14.9. The van der Waals surface area contributed by atoms with Crippen molar-refractivity contribution >= 4 is 23.4 Å². The molecule has 0 aliphatic carbocycles. The van der Waals surface area contributed by atoms with Crippen LogP contribution in [-0.2, 0) is 9.59 Å². The van der Waals surface area contributed by atoms with Crippen LogP contribution < -0.4 is 0 Å². The molecule has 1 aliphatic heterocycles. The van der Waals surface area contributed by atoms with Gasteiger partial charge in [-0.3, -0.25) is 14.5 Å². The van der Waals surface area contributed by atoms with Crippen LogP contribution in [0.15, 0.2) is 18.2 Å². The topological polar surface area (TPSA) is 57.6 Å². The summed E-state index contributed by atoms with van der Waals surface area (Å²) >= 11 is 5.85. The van der Waals surface area contributed by atoms with Gasteiger partial charge in [0.2, 0.25) is 11.8 Å². The van der Waals surface area contributed by atoms with Crippen molar-refractivity contribution in [3.05, 3.63) is 34.6 Å². The normalized spacial score (nSPS) is 24.4. The van der Waals surface area contributed by atoms with Crippen molar-refractivity contribution in [2.75, 3.05) is 6.54 Å². The summed E-state index contributed by atoms with van der Waals surface area (Å²) in [5, 5.41) is 10.2. The second kappa shape index (κ2) is 5.50. The van der Waals surface area contributed by atoms with Crippen molar-refractivity contribution in [2.24, 2.45) is 11.8 Å². The summed E-state index contributed by atoms with van der Waals surface area (Å²) in [6.07, 6.45) is -1.13. The van der Waals surface area contributed by atoms with E-state index in [4.69, 9.17) is 11.6 Å². The highest BCUT2D eigenvalue weighted by Gasteiger charge is 2.42. The molecule has 0 radical (unpaired) electrons. The molecule has 3 atom stereocenters. The van der Waals surface area contributed by atoms with Gasteiger partial charge in [0.05, 0.1) is 12.6 Å². The molecule has 1 aromatic carbocycles. The van der Waals surface area contributed by atoms with Crippen LogP contribution in [0.2, 0.25) is 5.02 Å². The third kappa shape index (κ3) is 2.55. The molecule has 20 heavy (non-hydrogen) atoms. The zero-order valence-corrected chi connectivity index (χ0v) is 11.9. The Morgan fingerprint density at radius 2 is 1.85 bits per heavy atom. The average Bonchev–Trinajstić information content (AvgIpc) is 2.56. The van der Waals surface area contributed by atoms with E-state index in [-0.39, 0.29) is 23.4 Å². The number of aliphatic hydroxyl groups is 1. The Hall–Kier alpha value is -1.46. The average molecular weight is 300 g/mol. The number of aliphatic hydroxyl groups excluding tert-OH is 1. The van der Waals surface area contributed by atoms with E-state index in [0.29, 0.717) is 5.56 Å². The minimum absolute atomic E-state index is 0.0673. The van der Waals surface area contributed by atoms with Crippen LogP contribution in [0.1, 0.15) is 25.5 Å². The van der Waals surface area contributed by atoms with E-state index < -0.39 is 23.8 Å². The Labute approximate surface area is 121 Å². The molecule has 2 rings (SSSR count). The molecule has 0 bridgehead atoms. The molecule has 1 aromatic rings. The number of hydrogen-bond acceptors (Lipinski definition) is 3. The van der Waals surface area contributed by atoms with Gasteiger partial charge in [0.15, 0.2) is 0 Å². The number of carbonyl (C=O) groups is 2. The zero-order chi connectivity index (χ0) is 15.0. The maximum absolute atomic E-state index is 13.0. The second-order valence-corrected chi connectivity index (χ2v) is 5.45. The van der Waals surface area contributed by atoms with E-state index >= 15 is 0 Å². The molecule has 1 fully saturated rings. The fourth-order valence-corrected chi connectivity index (χ4v) is 2.54. The van der Waals surface area contributed by atoms with Crippen LogP contribution in [-0.4, -0.2) is 28.4 Å². The fourth-order valence-electron chi connectivity index (χ4n) is 2.25. The predicted molar refractivity (Wildman–Crippen MR) is 71.4 cm³/mol. The van der Waals surface area contributed by atoms with Crippen LogP contribution >= 0.6 is 11.6 Å². The van der Waals surface area contributed by atoms with Crippen molar-refractivity contribution in [1.29, 1.82) is 0 Å². The third-order valence-corrected chi connectivity index (χ3v) is 4.07. The van der Waals surface area contributed by atoms with E-state index in [1.165, 1.54) is 12.1 Å². The van der Waals surface area contributed by atoms with Crippen molar-refractivity contribution in [3.63, 3.8) is 0 Å². The van der Waals surface area contributed by atoms with Gasteiger partial charge in [0, 0.05) is 22.4 Å². The van der Waals surface area contributed by atoms with Crippen LogP contribution in [0.4, 0.5) is 4.39 Å². The van der Waals surface area contributed by atoms with Crippen LogP contribution in [0.5, 0.6) is 0 Å². The van der Waals surface area contributed by atoms with E-state index in [9.17, 15) is 19.1 Å². The molecule has 4 nitrogen and oxygen atoms in total. The first-order valence-electron chi connectivity index (χ1n) is 6.31. The Kier molecular flexibility index (Phi) is 4.11. The Morgan fingerprint density at radius 1 is 1.30 bits per heavy atom. The van der Waals surface area contributed by atoms with Crippen LogP contribution in [0.25, 0.3) is 0 Å². The van der Waals surface area contributed by atoms with Crippen molar-refractivity contribution < 1.29 is 19.1 Å². The molecular weight excluding hydrogens is 285 g/mol. The highest BCUT2D eigenvalue weighted by atomic mass is 35.5. The molecule has 2 amide bonds. The summed E-state index contributed by atoms with van der Waals surface area (Å²) in [4.78, 5) is 24.9. The number of halogens is 2. The smallest absolute Gasteiger partial charge is 0.232 e. The van der Waals surface area contributed by atoms with Crippen molar-refractivity contribution in [3.8, 4) is 0 Å². The second-order valence-electron chi connectivity index (χ2n) is 5.05. The summed E-state index contributed by atoms with van der Waals surface area (Å²) in [6.45, 7) is 3.20. The Balaban J connectivity index is 2.18. The number of benzene rings is 1. The molecule has 0 saturated carbocycles. The predicted octanol–water partition coefficient (Wildman–Crippen LogP) is 2.15. The summed E-state index contributed by atoms with van der Waals surface area (Å²) in [5.74, 6) is -1.90.